The van der Waals surface area contributed by atoms with Crippen molar-refractivity contribution in [3.63, 3.8) is 0 Å². The fraction of sp³-hybridized carbons (Fsp3) is 0.188. The lowest BCUT2D eigenvalue weighted by Crippen LogP contribution is -2.16. The van der Waals surface area contributed by atoms with Crippen LogP contribution in [0.1, 0.15) is 20.8 Å². The van der Waals surface area contributed by atoms with E-state index in [1.807, 2.05) is 0 Å². The minimum absolute atomic E-state index is 0.0643. The molecule has 0 fully saturated rings. The number of halogens is 2. The van der Waals surface area contributed by atoms with Gasteiger partial charge in [-0.05, 0) is 30.2 Å². The maximum absolute atomic E-state index is 12.3. The summed E-state index contributed by atoms with van der Waals surface area (Å²) in [6, 6.07) is 5.02. The van der Waals surface area contributed by atoms with Gasteiger partial charge < -0.3 is 9.30 Å². The number of hydrogen-bond donors (Lipinski definition) is 0. The van der Waals surface area contributed by atoms with Gasteiger partial charge in [-0.25, -0.2) is 9.78 Å². The molecular weight excluding hydrogens is 371 g/mol. The van der Waals surface area contributed by atoms with Crippen LogP contribution in [0.2, 0.25) is 10.0 Å². The van der Waals surface area contributed by atoms with Crippen LogP contribution >= 0.6 is 34.5 Å². The zero-order valence-corrected chi connectivity index (χ0v) is 15.1. The van der Waals surface area contributed by atoms with E-state index in [1.54, 1.807) is 32.2 Å². The average molecular weight is 383 g/mol. The first-order valence-electron chi connectivity index (χ1n) is 6.94. The number of carbonyl (C=O) groups excluding carboxylic acids is 1. The van der Waals surface area contributed by atoms with Crippen LogP contribution in [0.15, 0.2) is 29.3 Å². The highest BCUT2D eigenvalue weighted by atomic mass is 35.5. The Hall–Kier alpha value is -1.89. The Balaban J connectivity index is 1.86. The van der Waals surface area contributed by atoms with Crippen LogP contribution in [-0.2, 0) is 18.4 Å². The van der Waals surface area contributed by atoms with Crippen molar-refractivity contribution in [2.24, 2.45) is 7.05 Å². The predicted molar refractivity (Wildman–Crippen MR) is 95.2 cm³/mol. The summed E-state index contributed by atoms with van der Waals surface area (Å²) >= 11 is 12.9. The van der Waals surface area contributed by atoms with Crippen molar-refractivity contribution in [1.82, 2.24) is 9.55 Å². The number of aromatic nitrogens is 2. The highest BCUT2D eigenvalue weighted by Crippen LogP contribution is 2.28. The number of aryl methyl sites for hydroxylation is 2. The van der Waals surface area contributed by atoms with Gasteiger partial charge in [-0.1, -0.05) is 29.3 Å². The molecule has 24 heavy (non-hydrogen) atoms. The van der Waals surface area contributed by atoms with E-state index in [0.29, 0.717) is 30.7 Å². The van der Waals surface area contributed by atoms with Gasteiger partial charge in [0.1, 0.15) is 16.3 Å². The molecule has 0 aliphatic carbocycles. The molecule has 0 spiro atoms. The van der Waals surface area contributed by atoms with E-state index in [1.165, 1.54) is 10.9 Å². The number of nitrogens with zero attached hydrogens (tertiary/aromatic N) is 2. The second-order valence-electron chi connectivity index (χ2n) is 5.22. The SMILES string of the molecule is Cc1c(C(=O)OCc2ccc(Cl)c(Cl)c2)sc2ncn(C)c(=O)c12. The summed E-state index contributed by atoms with van der Waals surface area (Å²) in [5, 5.41) is 1.29. The van der Waals surface area contributed by atoms with Crippen LogP contribution in [-0.4, -0.2) is 15.5 Å². The molecule has 2 aromatic heterocycles. The Labute approximate surface area is 151 Å². The van der Waals surface area contributed by atoms with Crippen molar-refractivity contribution >= 4 is 50.7 Å². The quantitative estimate of drug-likeness (QED) is 0.643. The van der Waals surface area contributed by atoms with Crippen molar-refractivity contribution in [2.45, 2.75) is 13.5 Å². The molecule has 0 amide bonds. The number of benzene rings is 1. The molecule has 0 N–H and O–H groups in total. The van der Waals surface area contributed by atoms with E-state index in [2.05, 4.69) is 4.98 Å². The maximum Gasteiger partial charge on any atom is 0.349 e. The molecule has 8 heteroatoms. The van der Waals surface area contributed by atoms with Gasteiger partial charge in [-0.15, -0.1) is 11.3 Å². The van der Waals surface area contributed by atoms with Crippen molar-refractivity contribution in [1.29, 1.82) is 0 Å². The molecular formula is C16H12Cl2N2O3S. The van der Waals surface area contributed by atoms with Crippen molar-refractivity contribution in [2.75, 3.05) is 0 Å². The van der Waals surface area contributed by atoms with E-state index in [4.69, 9.17) is 27.9 Å². The minimum Gasteiger partial charge on any atom is -0.457 e. The lowest BCUT2D eigenvalue weighted by Gasteiger charge is -2.05. The smallest absolute Gasteiger partial charge is 0.349 e. The van der Waals surface area contributed by atoms with Gasteiger partial charge >= 0.3 is 5.97 Å². The zero-order valence-electron chi connectivity index (χ0n) is 12.8. The standard InChI is InChI=1S/C16H12Cl2N2O3S/c1-8-12-14(19-7-20(2)15(12)21)24-13(8)16(22)23-6-9-3-4-10(17)11(18)5-9/h3-5,7H,6H2,1-2H3. The van der Waals surface area contributed by atoms with Gasteiger partial charge in [-0.3, -0.25) is 4.79 Å². The molecule has 5 nitrogen and oxygen atoms in total. The fourth-order valence-electron chi connectivity index (χ4n) is 2.25. The number of hydrogen-bond acceptors (Lipinski definition) is 5. The Morgan fingerprint density at radius 3 is 2.79 bits per heavy atom. The number of fused-ring (bicyclic) bond motifs is 1. The number of carbonyl (C=O) groups is 1. The van der Waals surface area contributed by atoms with Crippen molar-refractivity contribution < 1.29 is 9.53 Å². The molecule has 0 aliphatic rings. The number of rotatable bonds is 3. The first kappa shape index (κ1) is 17.0. The predicted octanol–water partition coefficient (Wildman–Crippen LogP) is 3.97. The highest BCUT2D eigenvalue weighted by Gasteiger charge is 2.20. The van der Waals surface area contributed by atoms with Crippen LogP contribution in [0.3, 0.4) is 0 Å². The Bertz CT molecular complexity index is 1010. The van der Waals surface area contributed by atoms with E-state index in [-0.39, 0.29) is 12.2 Å². The third kappa shape index (κ3) is 3.05. The lowest BCUT2D eigenvalue weighted by atomic mass is 10.2. The van der Waals surface area contributed by atoms with Gasteiger partial charge in [0.2, 0.25) is 0 Å². The van der Waals surface area contributed by atoms with Crippen molar-refractivity contribution in [3.05, 3.63) is 60.9 Å². The Morgan fingerprint density at radius 1 is 1.33 bits per heavy atom. The van der Waals surface area contributed by atoms with E-state index in [0.717, 1.165) is 16.9 Å². The zero-order chi connectivity index (χ0) is 17.4. The summed E-state index contributed by atoms with van der Waals surface area (Å²) in [6.07, 6.45) is 1.44. The monoisotopic (exact) mass is 382 g/mol. The Morgan fingerprint density at radius 2 is 2.08 bits per heavy atom. The van der Waals surface area contributed by atoms with Crippen LogP contribution in [0.5, 0.6) is 0 Å². The second kappa shape index (κ2) is 6.55. The lowest BCUT2D eigenvalue weighted by molar-refractivity contribution is 0.0478. The summed E-state index contributed by atoms with van der Waals surface area (Å²) in [5.74, 6) is -0.497. The van der Waals surface area contributed by atoms with Crippen LogP contribution in [0, 0.1) is 6.92 Å². The van der Waals surface area contributed by atoms with Gasteiger partial charge in [0.15, 0.2) is 0 Å². The fourth-order valence-corrected chi connectivity index (χ4v) is 3.60. The molecule has 0 radical (unpaired) electrons. The van der Waals surface area contributed by atoms with Gasteiger partial charge in [0.25, 0.3) is 5.56 Å². The number of thiophene rings is 1. The molecule has 124 valence electrons. The van der Waals surface area contributed by atoms with E-state index >= 15 is 0 Å². The number of ether oxygens (including phenoxy) is 1. The van der Waals surface area contributed by atoms with Gasteiger partial charge in [-0.2, -0.15) is 0 Å². The molecule has 0 saturated carbocycles. The van der Waals surface area contributed by atoms with Gasteiger partial charge in [0.05, 0.1) is 21.8 Å². The molecule has 1 aromatic carbocycles. The second-order valence-corrected chi connectivity index (χ2v) is 7.04. The van der Waals surface area contributed by atoms with Crippen LogP contribution in [0.4, 0.5) is 0 Å². The van der Waals surface area contributed by atoms with Crippen molar-refractivity contribution in [3.8, 4) is 0 Å². The maximum atomic E-state index is 12.3. The van der Waals surface area contributed by atoms with E-state index < -0.39 is 5.97 Å². The molecule has 3 rings (SSSR count). The first-order valence-corrected chi connectivity index (χ1v) is 8.51. The first-order chi connectivity index (χ1) is 11.4. The molecule has 0 bridgehead atoms. The highest BCUT2D eigenvalue weighted by molar-refractivity contribution is 7.20. The number of esters is 1. The summed E-state index contributed by atoms with van der Waals surface area (Å²) < 4.78 is 6.70. The van der Waals surface area contributed by atoms with Crippen LogP contribution in [0.25, 0.3) is 10.2 Å². The third-order valence-corrected chi connectivity index (χ3v) is 5.47. The summed E-state index contributed by atoms with van der Waals surface area (Å²) in [4.78, 5) is 29.6. The Kier molecular flexibility index (Phi) is 4.62. The summed E-state index contributed by atoms with van der Waals surface area (Å²) in [6.45, 7) is 1.78. The summed E-state index contributed by atoms with van der Waals surface area (Å²) in [7, 11) is 1.62. The largest absolute Gasteiger partial charge is 0.457 e. The molecule has 0 saturated heterocycles. The van der Waals surface area contributed by atoms with E-state index in [9.17, 15) is 9.59 Å². The topological polar surface area (TPSA) is 61.2 Å². The molecule has 3 aromatic rings. The summed E-state index contributed by atoms with van der Waals surface area (Å²) in [5.41, 5.74) is 1.13. The minimum atomic E-state index is -0.497. The molecule has 0 unspecified atom stereocenters. The average Bonchev–Trinajstić information content (AvgIpc) is 2.89. The third-order valence-electron chi connectivity index (χ3n) is 3.55. The molecule has 0 atom stereocenters. The normalized spacial score (nSPS) is 11.0. The van der Waals surface area contributed by atoms with Crippen LogP contribution < -0.4 is 5.56 Å². The molecule has 0 aliphatic heterocycles. The molecule has 2 heterocycles. The van der Waals surface area contributed by atoms with Gasteiger partial charge in [0, 0.05) is 7.05 Å².